The van der Waals surface area contributed by atoms with Gasteiger partial charge in [0, 0.05) is 26.1 Å². The molecule has 6 nitrogen and oxygen atoms in total. The Balaban J connectivity index is 0.00000243. The molecular weight excluding hydrogens is 354 g/mol. The van der Waals surface area contributed by atoms with Gasteiger partial charge < -0.3 is 20.3 Å². The summed E-state index contributed by atoms with van der Waals surface area (Å²) >= 11 is 0. The predicted molar refractivity (Wildman–Crippen MR) is 103 cm³/mol. The number of methoxy groups -OCH3 is 1. The zero-order valence-corrected chi connectivity index (χ0v) is 16.2. The van der Waals surface area contributed by atoms with Crippen LogP contribution in [0.1, 0.15) is 37.3 Å². The van der Waals surface area contributed by atoms with E-state index >= 15 is 0 Å². The molecule has 26 heavy (non-hydrogen) atoms. The molecule has 0 aromatic heterocycles. The molecule has 2 N–H and O–H groups in total. The number of piperidine rings is 2. The highest BCUT2D eigenvalue weighted by atomic mass is 35.5. The summed E-state index contributed by atoms with van der Waals surface area (Å²) in [6.07, 6.45) is 3.10. The van der Waals surface area contributed by atoms with Gasteiger partial charge >= 0.3 is 0 Å². The highest BCUT2D eigenvalue weighted by molar-refractivity contribution is 5.85. The van der Waals surface area contributed by atoms with E-state index in [1.165, 1.54) is 0 Å². The molecule has 3 unspecified atom stereocenters. The Morgan fingerprint density at radius 2 is 2.00 bits per heavy atom. The number of benzene rings is 1. The van der Waals surface area contributed by atoms with Crippen molar-refractivity contribution in [3.63, 3.8) is 0 Å². The number of ether oxygens (including phenoxy) is 1. The second-order valence-corrected chi connectivity index (χ2v) is 6.92. The van der Waals surface area contributed by atoms with Crippen LogP contribution in [0.4, 0.5) is 0 Å². The molecule has 2 aliphatic heterocycles. The van der Waals surface area contributed by atoms with Crippen molar-refractivity contribution in [3.8, 4) is 5.75 Å². The maximum absolute atomic E-state index is 12.9. The summed E-state index contributed by atoms with van der Waals surface area (Å²) in [5.74, 6) is 0.680. The molecule has 2 heterocycles. The van der Waals surface area contributed by atoms with Gasteiger partial charge in [-0.05, 0) is 43.5 Å². The normalized spacial score (nSPS) is 26.0. The van der Waals surface area contributed by atoms with Crippen LogP contribution in [0.5, 0.6) is 5.75 Å². The lowest BCUT2D eigenvalue weighted by Gasteiger charge is -2.39. The van der Waals surface area contributed by atoms with Gasteiger partial charge in [-0.15, -0.1) is 12.4 Å². The summed E-state index contributed by atoms with van der Waals surface area (Å²) in [6.45, 7) is 1.84. The van der Waals surface area contributed by atoms with Gasteiger partial charge in [-0.25, -0.2) is 0 Å². The van der Waals surface area contributed by atoms with Crippen LogP contribution in [0.15, 0.2) is 24.3 Å². The average molecular weight is 382 g/mol. The number of likely N-dealkylation sites (tertiary alicyclic amines) is 1. The molecule has 1 aromatic carbocycles. The molecule has 0 radical (unpaired) electrons. The number of nitrogens with zero attached hydrogens (tertiary/aromatic N) is 1. The summed E-state index contributed by atoms with van der Waals surface area (Å²) < 4.78 is 5.21. The van der Waals surface area contributed by atoms with Crippen LogP contribution < -0.4 is 15.4 Å². The van der Waals surface area contributed by atoms with Crippen molar-refractivity contribution < 1.29 is 14.3 Å². The summed E-state index contributed by atoms with van der Waals surface area (Å²) in [5.41, 5.74) is 0.971. The first-order chi connectivity index (χ1) is 12.1. The molecule has 2 aliphatic rings. The van der Waals surface area contributed by atoms with Gasteiger partial charge in [0.25, 0.3) is 0 Å². The molecule has 144 valence electrons. The van der Waals surface area contributed by atoms with Gasteiger partial charge in [0.1, 0.15) is 5.75 Å². The predicted octanol–water partition coefficient (Wildman–Crippen LogP) is 1.89. The van der Waals surface area contributed by atoms with Crippen molar-refractivity contribution in [2.45, 2.75) is 37.8 Å². The van der Waals surface area contributed by atoms with Crippen LogP contribution in [-0.4, -0.2) is 50.0 Å². The van der Waals surface area contributed by atoms with Crippen molar-refractivity contribution in [1.82, 2.24) is 15.5 Å². The first-order valence-corrected chi connectivity index (χ1v) is 9.01. The molecule has 2 saturated heterocycles. The van der Waals surface area contributed by atoms with E-state index in [4.69, 9.17) is 4.74 Å². The topological polar surface area (TPSA) is 70.7 Å². The van der Waals surface area contributed by atoms with Crippen molar-refractivity contribution in [3.05, 3.63) is 29.8 Å². The average Bonchev–Trinajstić information content (AvgIpc) is 2.64. The highest BCUT2D eigenvalue weighted by Gasteiger charge is 2.39. The lowest BCUT2D eigenvalue weighted by molar-refractivity contribution is -0.141. The third-order valence-electron chi connectivity index (χ3n) is 5.30. The zero-order chi connectivity index (χ0) is 17.8. The van der Waals surface area contributed by atoms with E-state index in [9.17, 15) is 9.59 Å². The second kappa shape index (κ2) is 9.24. The van der Waals surface area contributed by atoms with E-state index < -0.39 is 0 Å². The summed E-state index contributed by atoms with van der Waals surface area (Å²) in [6, 6.07) is 7.59. The van der Waals surface area contributed by atoms with Crippen molar-refractivity contribution in [2.75, 3.05) is 27.2 Å². The largest absolute Gasteiger partial charge is 0.497 e. The van der Waals surface area contributed by atoms with Crippen molar-refractivity contribution in [2.24, 2.45) is 5.92 Å². The smallest absolute Gasteiger partial charge is 0.225 e. The van der Waals surface area contributed by atoms with Gasteiger partial charge in [0.05, 0.1) is 19.1 Å². The third-order valence-corrected chi connectivity index (χ3v) is 5.30. The Morgan fingerprint density at radius 1 is 1.27 bits per heavy atom. The quantitative estimate of drug-likeness (QED) is 0.835. The number of carbonyl (C=O) groups excluding carboxylic acids is 2. The first-order valence-electron chi connectivity index (χ1n) is 9.01. The molecule has 3 rings (SSSR count). The molecule has 2 amide bonds. The van der Waals surface area contributed by atoms with E-state index in [1.807, 2.05) is 24.3 Å². The van der Waals surface area contributed by atoms with Gasteiger partial charge in [0.15, 0.2) is 0 Å². The molecule has 3 atom stereocenters. The van der Waals surface area contributed by atoms with Crippen molar-refractivity contribution in [1.29, 1.82) is 0 Å². The molecule has 0 aliphatic carbocycles. The highest BCUT2D eigenvalue weighted by Crippen LogP contribution is 2.36. The second-order valence-electron chi connectivity index (χ2n) is 6.92. The molecule has 1 aromatic rings. The minimum atomic E-state index is -0.233. The van der Waals surface area contributed by atoms with Crippen LogP contribution in [0.2, 0.25) is 0 Å². The molecule has 7 heteroatoms. The van der Waals surface area contributed by atoms with Crippen LogP contribution >= 0.6 is 12.4 Å². The van der Waals surface area contributed by atoms with Crippen LogP contribution in [0, 0.1) is 5.92 Å². The number of hydrogen-bond acceptors (Lipinski definition) is 4. The Labute approximate surface area is 161 Å². The third kappa shape index (κ3) is 4.48. The van der Waals surface area contributed by atoms with Gasteiger partial charge in [-0.3, -0.25) is 9.59 Å². The van der Waals surface area contributed by atoms with Gasteiger partial charge in [-0.2, -0.15) is 0 Å². The van der Waals surface area contributed by atoms with E-state index in [-0.39, 0.29) is 42.2 Å². The molecular formula is C19H28ClN3O3. The summed E-state index contributed by atoms with van der Waals surface area (Å²) in [5, 5.41) is 6.50. The Kier molecular flexibility index (Phi) is 7.29. The lowest BCUT2D eigenvalue weighted by atomic mass is 9.83. The number of nitrogens with one attached hydrogen (secondary N) is 2. The lowest BCUT2D eigenvalue weighted by Crippen LogP contribution is -2.51. The maximum Gasteiger partial charge on any atom is 0.225 e. The van der Waals surface area contributed by atoms with Crippen LogP contribution in [0.3, 0.4) is 0 Å². The number of hydrogen-bond donors (Lipinski definition) is 2. The minimum Gasteiger partial charge on any atom is -0.497 e. The Bertz CT molecular complexity index is 617. The van der Waals surface area contributed by atoms with E-state index in [1.54, 1.807) is 19.1 Å². The fourth-order valence-corrected chi connectivity index (χ4v) is 3.85. The van der Waals surface area contributed by atoms with Crippen molar-refractivity contribution >= 4 is 24.2 Å². The summed E-state index contributed by atoms with van der Waals surface area (Å²) in [4.78, 5) is 26.9. The fourth-order valence-electron chi connectivity index (χ4n) is 3.85. The monoisotopic (exact) mass is 381 g/mol. The SMILES string of the molecule is COc1ccc(C2C(C(=O)NC3CCCNC3)CCC(=O)N2C)cc1.Cl. The number of amides is 2. The zero-order valence-electron chi connectivity index (χ0n) is 15.4. The van der Waals surface area contributed by atoms with E-state index in [0.29, 0.717) is 12.8 Å². The van der Waals surface area contributed by atoms with Gasteiger partial charge in [0.2, 0.25) is 11.8 Å². The van der Waals surface area contributed by atoms with Crippen LogP contribution in [0.25, 0.3) is 0 Å². The molecule has 0 spiro atoms. The maximum atomic E-state index is 12.9. The fraction of sp³-hybridized carbons (Fsp3) is 0.579. The van der Waals surface area contributed by atoms with Gasteiger partial charge in [-0.1, -0.05) is 12.1 Å². The number of halogens is 1. The van der Waals surface area contributed by atoms with Crippen LogP contribution in [-0.2, 0) is 9.59 Å². The summed E-state index contributed by atoms with van der Waals surface area (Å²) in [7, 11) is 3.42. The molecule has 0 bridgehead atoms. The standard InChI is InChI=1S/C19H27N3O3.ClH/c1-22-17(23)10-9-16(19(24)21-14-4-3-11-20-12-14)18(22)13-5-7-15(25-2)8-6-13;/h5-8,14,16,18,20H,3-4,9-12H2,1-2H3,(H,21,24);1H. The first kappa shape index (κ1) is 20.5. The number of carbonyl (C=O) groups is 2. The minimum absolute atomic E-state index is 0. The molecule has 0 saturated carbocycles. The Morgan fingerprint density at radius 3 is 2.62 bits per heavy atom. The molecule has 2 fully saturated rings. The van der Waals surface area contributed by atoms with E-state index in [2.05, 4.69) is 10.6 Å². The van der Waals surface area contributed by atoms with E-state index in [0.717, 1.165) is 37.2 Å². The number of rotatable bonds is 4. The Hall–Kier alpha value is -1.79.